The molecule has 1 aliphatic carbocycles. The number of allylic oxidation sites excluding steroid dienone is 2. The van der Waals surface area contributed by atoms with Crippen molar-refractivity contribution in [2.24, 2.45) is 5.92 Å². The second kappa shape index (κ2) is 9.96. The molecule has 2 aromatic carbocycles. The van der Waals surface area contributed by atoms with E-state index < -0.39 is 29.5 Å². The Morgan fingerprint density at radius 1 is 1.09 bits per heavy atom. The largest absolute Gasteiger partial charge is 0.480 e. The Kier molecular flexibility index (Phi) is 6.98. The number of carboxylic acid groups (broad SMARTS) is 1. The third-order valence-electron chi connectivity index (χ3n) is 6.41. The van der Waals surface area contributed by atoms with E-state index in [-0.39, 0.29) is 11.8 Å². The molecule has 0 bridgehead atoms. The summed E-state index contributed by atoms with van der Waals surface area (Å²) in [4.78, 5) is 40.2. The molecule has 182 valence electrons. The van der Waals surface area contributed by atoms with Crippen LogP contribution in [0.3, 0.4) is 0 Å². The molecular weight excluding hydrogens is 466 g/mol. The number of amides is 3. The lowest BCUT2D eigenvalue weighted by atomic mass is 9.85. The van der Waals surface area contributed by atoms with Gasteiger partial charge in [0.05, 0.1) is 0 Å². The van der Waals surface area contributed by atoms with E-state index in [4.69, 9.17) is 11.6 Å². The van der Waals surface area contributed by atoms with Crippen LogP contribution in [0.4, 0.5) is 10.5 Å². The van der Waals surface area contributed by atoms with Crippen molar-refractivity contribution in [3.8, 4) is 0 Å². The van der Waals surface area contributed by atoms with Crippen molar-refractivity contribution in [3.63, 3.8) is 0 Å². The highest BCUT2D eigenvalue weighted by atomic mass is 35.5. The Morgan fingerprint density at radius 2 is 1.77 bits per heavy atom. The second-order valence-corrected chi connectivity index (χ2v) is 9.60. The summed E-state index contributed by atoms with van der Waals surface area (Å²) >= 11 is 6.10. The van der Waals surface area contributed by atoms with E-state index in [1.54, 1.807) is 43.0 Å². The summed E-state index contributed by atoms with van der Waals surface area (Å²) in [5, 5.41) is 15.7. The van der Waals surface area contributed by atoms with E-state index in [0.717, 1.165) is 16.8 Å². The molecule has 35 heavy (non-hydrogen) atoms. The molecule has 0 unspecified atom stereocenters. The fourth-order valence-electron chi connectivity index (χ4n) is 4.42. The molecule has 7 nitrogen and oxygen atoms in total. The first kappa shape index (κ1) is 24.5. The maximum absolute atomic E-state index is 13.5. The molecule has 3 N–H and O–H groups in total. The number of nitrogens with zero attached hydrogens (tertiary/aromatic N) is 1. The minimum atomic E-state index is -1.54. The van der Waals surface area contributed by atoms with Crippen LogP contribution < -0.4 is 15.5 Å². The monoisotopic (exact) mass is 493 g/mol. The number of benzene rings is 2. The van der Waals surface area contributed by atoms with Crippen molar-refractivity contribution in [2.75, 3.05) is 11.4 Å². The average Bonchev–Trinajstić information content (AvgIpc) is 3.26. The van der Waals surface area contributed by atoms with Gasteiger partial charge in [-0.05, 0) is 53.8 Å². The lowest BCUT2D eigenvalue weighted by Crippen LogP contribution is -2.62. The van der Waals surface area contributed by atoms with E-state index >= 15 is 0 Å². The predicted octanol–water partition coefficient (Wildman–Crippen LogP) is 4.29. The normalized spacial score (nSPS) is 21.5. The number of fused-ring (bicyclic) bond motifs is 1. The number of hydrogen-bond donors (Lipinski definition) is 3. The molecule has 8 heteroatoms. The third kappa shape index (κ3) is 5.10. The molecule has 2 aromatic rings. The topological polar surface area (TPSA) is 98.7 Å². The minimum Gasteiger partial charge on any atom is -0.480 e. The highest BCUT2D eigenvalue weighted by molar-refractivity contribution is 6.30. The number of aliphatic carboxylic acids is 1. The zero-order valence-corrected chi connectivity index (χ0v) is 20.3. The van der Waals surface area contributed by atoms with Gasteiger partial charge in [-0.25, -0.2) is 9.59 Å². The number of anilines is 1. The summed E-state index contributed by atoms with van der Waals surface area (Å²) in [5.41, 5.74) is 1.19. The molecule has 3 amide bonds. The average molecular weight is 494 g/mol. The van der Waals surface area contributed by atoms with Gasteiger partial charge in [-0.3, -0.25) is 9.69 Å². The van der Waals surface area contributed by atoms with Gasteiger partial charge in [-0.1, -0.05) is 67.9 Å². The number of carbonyl (C=O) groups excluding carboxylic acids is 2. The van der Waals surface area contributed by atoms with Crippen LogP contribution in [-0.4, -0.2) is 41.1 Å². The first-order valence-electron chi connectivity index (χ1n) is 11.6. The van der Waals surface area contributed by atoms with Crippen LogP contribution in [0, 0.1) is 5.92 Å². The molecule has 0 saturated heterocycles. The highest BCUT2D eigenvalue weighted by Gasteiger charge is 2.41. The SMILES string of the molecule is CC(C)[C@H](NC(=O)C1(NC(=O)N2CCc3cc(Cl)ccc32)C=CC(c2ccccc2)C=C1)C(=O)O. The molecule has 1 aliphatic heterocycles. The standard InChI is InChI=1S/C27H28ClN3O4/c1-17(2)23(24(32)33)29-25(34)27(13-10-19(11-14-27)18-6-4-3-5-7-18)30-26(35)31-15-12-20-16-21(28)8-9-22(20)31/h3-11,13-14,16-17,19,23H,12,15H2,1-2H3,(H,29,34)(H,30,35)(H,32,33)/t19?,23-,27?/m0/s1. The predicted molar refractivity (Wildman–Crippen MR) is 136 cm³/mol. The fraction of sp³-hybridized carbons (Fsp3) is 0.296. The van der Waals surface area contributed by atoms with Crippen molar-refractivity contribution >= 4 is 35.2 Å². The highest BCUT2D eigenvalue weighted by Crippen LogP contribution is 2.32. The van der Waals surface area contributed by atoms with Gasteiger partial charge in [0.2, 0.25) is 0 Å². The second-order valence-electron chi connectivity index (χ2n) is 9.16. The quantitative estimate of drug-likeness (QED) is 0.523. The maximum atomic E-state index is 13.5. The third-order valence-corrected chi connectivity index (χ3v) is 6.64. The summed E-state index contributed by atoms with van der Waals surface area (Å²) in [6.07, 6.45) is 7.61. The number of nitrogens with one attached hydrogen (secondary N) is 2. The first-order valence-corrected chi connectivity index (χ1v) is 11.9. The zero-order chi connectivity index (χ0) is 25.2. The van der Waals surface area contributed by atoms with Crippen LogP contribution in [0.15, 0.2) is 72.8 Å². The van der Waals surface area contributed by atoms with Gasteiger partial charge in [0.15, 0.2) is 5.54 Å². The van der Waals surface area contributed by atoms with Crippen LogP contribution in [0.25, 0.3) is 0 Å². The van der Waals surface area contributed by atoms with Gasteiger partial charge < -0.3 is 15.7 Å². The molecule has 0 fully saturated rings. The number of halogens is 1. The smallest absolute Gasteiger partial charge is 0.326 e. The van der Waals surface area contributed by atoms with E-state index in [0.29, 0.717) is 18.0 Å². The summed E-state index contributed by atoms with van der Waals surface area (Å²) in [7, 11) is 0. The Hall–Kier alpha value is -3.58. The van der Waals surface area contributed by atoms with E-state index in [1.165, 1.54) is 0 Å². The Bertz CT molecular complexity index is 1180. The number of hydrogen-bond acceptors (Lipinski definition) is 3. The zero-order valence-electron chi connectivity index (χ0n) is 19.6. The Balaban J connectivity index is 1.63. The maximum Gasteiger partial charge on any atom is 0.326 e. The summed E-state index contributed by atoms with van der Waals surface area (Å²) in [6.45, 7) is 3.88. The van der Waals surface area contributed by atoms with Crippen LogP contribution in [-0.2, 0) is 16.0 Å². The van der Waals surface area contributed by atoms with E-state index in [2.05, 4.69) is 10.6 Å². The van der Waals surface area contributed by atoms with Crippen LogP contribution >= 0.6 is 11.6 Å². The van der Waals surface area contributed by atoms with Gasteiger partial charge in [0.1, 0.15) is 6.04 Å². The molecule has 1 heterocycles. The summed E-state index contributed by atoms with van der Waals surface area (Å²) < 4.78 is 0. The van der Waals surface area contributed by atoms with Gasteiger partial charge in [0.25, 0.3) is 5.91 Å². The van der Waals surface area contributed by atoms with Crippen molar-refractivity contribution in [3.05, 3.63) is 89.0 Å². The van der Waals surface area contributed by atoms with Gasteiger partial charge >= 0.3 is 12.0 Å². The van der Waals surface area contributed by atoms with Crippen LogP contribution in [0.2, 0.25) is 5.02 Å². The number of urea groups is 1. The van der Waals surface area contributed by atoms with Crippen molar-refractivity contribution in [2.45, 2.75) is 37.8 Å². The van der Waals surface area contributed by atoms with Crippen LogP contribution in [0.1, 0.15) is 30.9 Å². The number of rotatable bonds is 6. The Labute approximate surface area is 209 Å². The van der Waals surface area contributed by atoms with Gasteiger partial charge in [-0.2, -0.15) is 0 Å². The molecule has 0 saturated carbocycles. The lowest BCUT2D eigenvalue weighted by molar-refractivity contribution is -0.143. The van der Waals surface area contributed by atoms with Gasteiger partial charge in [0, 0.05) is 23.2 Å². The van der Waals surface area contributed by atoms with Crippen molar-refractivity contribution < 1.29 is 19.5 Å². The van der Waals surface area contributed by atoms with Crippen molar-refractivity contribution in [1.29, 1.82) is 0 Å². The summed E-state index contributed by atoms with van der Waals surface area (Å²) in [6, 6.07) is 13.6. The van der Waals surface area contributed by atoms with Gasteiger partial charge in [-0.15, -0.1) is 0 Å². The lowest BCUT2D eigenvalue weighted by Gasteiger charge is -2.34. The fourth-order valence-corrected chi connectivity index (χ4v) is 4.61. The van der Waals surface area contributed by atoms with Crippen molar-refractivity contribution in [1.82, 2.24) is 10.6 Å². The van der Waals surface area contributed by atoms with E-state index in [1.807, 2.05) is 48.6 Å². The summed E-state index contributed by atoms with van der Waals surface area (Å²) in [5.74, 6) is -2.16. The first-order chi connectivity index (χ1) is 16.7. The molecule has 2 aliphatic rings. The molecule has 0 radical (unpaired) electrons. The molecule has 1 atom stereocenters. The van der Waals surface area contributed by atoms with Crippen LogP contribution in [0.5, 0.6) is 0 Å². The number of carbonyl (C=O) groups is 3. The number of carboxylic acids is 1. The van der Waals surface area contributed by atoms with E-state index in [9.17, 15) is 19.5 Å². The molecule has 4 rings (SSSR count). The Morgan fingerprint density at radius 3 is 2.40 bits per heavy atom. The minimum absolute atomic E-state index is 0.0796. The molecule has 0 spiro atoms. The molecule has 0 aromatic heterocycles. The molecular formula is C27H28ClN3O4.